The van der Waals surface area contributed by atoms with Gasteiger partial charge in [-0.1, -0.05) is 19.9 Å². The molecule has 0 fully saturated rings. The van der Waals surface area contributed by atoms with Crippen molar-refractivity contribution in [3.05, 3.63) is 33.9 Å². The van der Waals surface area contributed by atoms with E-state index in [0.29, 0.717) is 5.92 Å². The lowest BCUT2D eigenvalue weighted by molar-refractivity contribution is 0.178. The first-order valence-corrected chi connectivity index (χ1v) is 6.54. The van der Waals surface area contributed by atoms with Crippen molar-refractivity contribution in [2.75, 3.05) is 0 Å². The summed E-state index contributed by atoms with van der Waals surface area (Å²) in [5.41, 5.74) is 7.33. The van der Waals surface area contributed by atoms with Crippen molar-refractivity contribution in [2.24, 2.45) is 0 Å². The molecule has 1 aromatic rings. The van der Waals surface area contributed by atoms with Crippen molar-refractivity contribution >= 4 is 0 Å². The molecule has 1 unspecified atom stereocenters. The molecule has 0 spiro atoms. The highest BCUT2D eigenvalue weighted by Crippen LogP contribution is 2.42. The standard InChI is InChI=1S/C15H20O/c1-9(2)14-12-5-3-4-10(12)8-11-6-7-13(16)15(11)14/h8-9,13,16H,3-7H2,1-2H3. The van der Waals surface area contributed by atoms with Crippen molar-refractivity contribution in [2.45, 2.75) is 58.0 Å². The quantitative estimate of drug-likeness (QED) is 0.764. The van der Waals surface area contributed by atoms with Crippen LogP contribution in [0.25, 0.3) is 0 Å². The largest absolute Gasteiger partial charge is 0.388 e. The number of hydrogen-bond donors (Lipinski definition) is 1. The van der Waals surface area contributed by atoms with E-state index < -0.39 is 0 Å². The van der Waals surface area contributed by atoms with Crippen molar-refractivity contribution in [1.82, 2.24) is 0 Å². The SMILES string of the molecule is CC(C)c1c2c(cc3c1C(O)CC3)CCC2. The molecule has 2 aliphatic rings. The van der Waals surface area contributed by atoms with Gasteiger partial charge in [0.1, 0.15) is 0 Å². The minimum Gasteiger partial charge on any atom is -0.388 e. The predicted molar refractivity (Wildman–Crippen MR) is 65.8 cm³/mol. The van der Waals surface area contributed by atoms with E-state index in [2.05, 4.69) is 19.9 Å². The number of hydrogen-bond acceptors (Lipinski definition) is 1. The van der Waals surface area contributed by atoms with E-state index >= 15 is 0 Å². The summed E-state index contributed by atoms with van der Waals surface area (Å²) < 4.78 is 0. The number of aliphatic hydroxyl groups is 1. The molecule has 1 atom stereocenters. The summed E-state index contributed by atoms with van der Waals surface area (Å²) in [6.07, 6.45) is 5.58. The van der Waals surface area contributed by atoms with E-state index in [1.807, 2.05) is 0 Å². The van der Waals surface area contributed by atoms with Gasteiger partial charge in [0.2, 0.25) is 0 Å². The minimum absolute atomic E-state index is 0.196. The van der Waals surface area contributed by atoms with E-state index in [1.54, 1.807) is 11.1 Å². The number of rotatable bonds is 1. The van der Waals surface area contributed by atoms with Gasteiger partial charge >= 0.3 is 0 Å². The highest BCUT2D eigenvalue weighted by atomic mass is 16.3. The van der Waals surface area contributed by atoms with E-state index in [0.717, 1.165) is 12.8 Å². The number of aliphatic hydroxyl groups excluding tert-OH is 1. The van der Waals surface area contributed by atoms with Crippen LogP contribution in [-0.2, 0) is 19.3 Å². The molecule has 2 aliphatic carbocycles. The van der Waals surface area contributed by atoms with Gasteiger partial charge in [-0.05, 0) is 65.8 Å². The zero-order valence-corrected chi connectivity index (χ0v) is 10.2. The normalized spacial score (nSPS) is 22.6. The lowest BCUT2D eigenvalue weighted by Gasteiger charge is -2.19. The second-order valence-electron chi connectivity index (χ2n) is 5.56. The van der Waals surface area contributed by atoms with Crippen LogP contribution in [0.1, 0.15) is 66.5 Å². The molecule has 1 heteroatoms. The van der Waals surface area contributed by atoms with E-state index in [1.165, 1.54) is 36.0 Å². The molecule has 16 heavy (non-hydrogen) atoms. The fraction of sp³-hybridized carbons (Fsp3) is 0.600. The Morgan fingerprint density at radius 1 is 1.19 bits per heavy atom. The van der Waals surface area contributed by atoms with Gasteiger partial charge in [-0.2, -0.15) is 0 Å². The number of fused-ring (bicyclic) bond motifs is 2. The molecule has 0 saturated carbocycles. The Morgan fingerprint density at radius 2 is 2.00 bits per heavy atom. The Labute approximate surface area is 97.5 Å². The smallest absolute Gasteiger partial charge is 0.0798 e. The summed E-state index contributed by atoms with van der Waals surface area (Å²) >= 11 is 0. The highest BCUT2D eigenvalue weighted by molar-refractivity contribution is 5.52. The summed E-state index contributed by atoms with van der Waals surface area (Å²) in [5, 5.41) is 10.1. The van der Waals surface area contributed by atoms with Crippen molar-refractivity contribution < 1.29 is 5.11 Å². The van der Waals surface area contributed by atoms with Crippen molar-refractivity contribution in [1.29, 1.82) is 0 Å². The van der Waals surface area contributed by atoms with Gasteiger partial charge < -0.3 is 5.11 Å². The van der Waals surface area contributed by atoms with Gasteiger partial charge in [0.25, 0.3) is 0 Å². The third kappa shape index (κ3) is 1.34. The van der Waals surface area contributed by atoms with Crippen LogP contribution in [0.3, 0.4) is 0 Å². The third-order valence-electron chi connectivity index (χ3n) is 4.17. The minimum atomic E-state index is -0.196. The second kappa shape index (κ2) is 3.59. The van der Waals surface area contributed by atoms with Crippen LogP contribution >= 0.6 is 0 Å². The second-order valence-corrected chi connectivity index (χ2v) is 5.56. The average Bonchev–Trinajstić information content (AvgIpc) is 2.82. The topological polar surface area (TPSA) is 20.2 Å². The fourth-order valence-corrected chi connectivity index (χ4v) is 3.55. The first-order valence-electron chi connectivity index (χ1n) is 6.54. The maximum Gasteiger partial charge on any atom is 0.0798 e. The van der Waals surface area contributed by atoms with E-state index in [4.69, 9.17) is 0 Å². The van der Waals surface area contributed by atoms with Crippen molar-refractivity contribution in [3.63, 3.8) is 0 Å². The zero-order valence-electron chi connectivity index (χ0n) is 10.2. The average molecular weight is 216 g/mol. The van der Waals surface area contributed by atoms with E-state index in [-0.39, 0.29) is 6.10 Å². The summed E-state index contributed by atoms with van der Waals surface area (Å²) in [4.78, 5) is 0. The first kappa shape index (κ1) is 10.3. The van der Waals surface area contributed by atoms with Gasteiger partial charge in [0, 0.05) is 0 Å². The Bertz CT molecular complexity index is 432. The maximum absolute atomic E-state index is 10.1. The molecular formula is C15H20O. The summed E-state index contributed by atoms with van der Waals surface area (Å²) in [6, 6.07) is 2.37. The summed E-state index contributed by atoms with van der Waals surface area (Å²) in [6.45, 7) is 4.53. The number of aryl methyl sites for hydroxylation is 2. The Hall–Kier alpha value is -0.820. The Kier molecular flexibility index (Phi) is 2.32. The molecule has 0 saturated heterocycles. The van der Waals surface area contributed by atoms with Crippen LogP contribution in [0.15, 0.2) is 6.07 Å². The molecule has 0 amide bonds. The van der Waals surface area contributed by atoms with Crippen molar-refractivity contribution in [3.8, 4) is 0 Å². The van der Waals surface area contributed by atoms with Gasteiger partial charge in [0.15, 0.2) is 0 Å². The van der Waals surface area contributed by atoms with Crippen LogP contribution < -0.4 is 0 Å². The van der Waals surface area contributed by atoms with E-state index in [9.17, 15) is 5.11 Å². The van der Waals surface area contributed by atoms with Crippen LogP contribution in [-0.4, -0.2) is 5.11 Å². The molecule has 0 heterocycles. The molecule has 0 radical (unpaired) electrons. The van der Waals surface area contributed by atoms with Gasteiger partial charge in [0.05, 0.1) is 6.10 Å². The molecule has 0 aliphatic heterocycles. The first-order chi connectivity index (χ1) is 7.68. The molecule has 1 nitrogen and oxygen atoms in total. The summed E-state index contributed by atoms with van der Waals surface area (Å²) in [7, 11) is 0. The monoisotopic (exact) mass is 216 g/mol. The van der Waals surface area contributed by atoms with Crippen LogP contribution in [0.2, 0.25) is 0 Å². The molecule has 0 bridgehead atoms. The fourth-order valence-electron chi connectivity index (χ4n) is 3.55. The van der Waals surface area contributed by atoms with Crippen LogP contribution in [0.4, 0.5) is 0 Å². The predicted octanol–water partition coefficient (Wildman–Crippen LogP) is 3.28. The maximum atomic E-state index is 10.1. The van der Waals surface area contributed by atoms with Gasteiger partial charge in [-0.25, -0.2) is 0 Å². The van der Waals surface area contributed by atoms with Crippen LogP contribution in [0, 0.1) is 0 Å². The lowest BCUT2D eigenvalue weighted by Crippen LogP contribution is -2.05. The highest BCUT2D eigenvalue weighted by Gasteiger charge is 2.29. The molecular weight excluding hydrogens is 196 g/mol. The molecule has 0 aromatic heterocycles. The number of benzene rings is 1. The molecule has 1 N–H and O–H groups in total. The Balaban J connectivity index is 2.26. The zero-order chi connectivity index (χ0) is 11.3. The molecule has 3 rings (SSSR count). The third-order valence-corrected chi connectivity index (χ3v) is 4.17. The lowest BCUT2D eigenvalue weighted by atomic mass is 9.87. The van der Waals surface area contributed by atoms with Gasteiger partial charge in [-0.15, -0.1) is 0 Å². The molecule has 86 valence electrons. The molecule has 1 aromatic carbocycles. The summed E-state index contributed by atoms with van der Waals surface area (Å²) in [5.74, 6) is 0.551. The van der Waals surface area contributed by atoms with Gasteiger partial charge in [-0.3, -0.25) is 0 Å². The van der Waals surface area contributed by atoms with Crippen LogP contribution in [0.5, 0.6) is 0 Å². The Morgan fingerprint density at radius 3 is 2.75 bits per heavy atom.